The standard InChI is InChI=1S/C17H15ClN2O5/c1-10-4-3-5-12(8-10)17(22)25-11(2)16(21)19-15-7-6-13(20(23)24)9-14(15)18/h3-9,11H,1-2H3,(H,19,21)/t11-/m0/s1. The summed E-state index contributed by atoms with van der Waals surface area (Å²) >= 11 is 5.91. The monoisotopic (exact) mass is 362 g/mol. The van der Waals surface area contributed by atoms with Gasteiger partial charge in [0.05, 0.1) is 21.2 Å². The molecule has 2 aromatic rings. The van der Waals surface area contributed by atoms with E-state index in [0.29, 0.717) is 5.56 Å². The minimum atomic E-state index is -1.07. The Labute approximate surface area is 148 Å². The predicted octanol–water partition coefficient (Wildman–Crippen LogP) is 3.74. The number of nitro benzene ring substituents is 1. The number of hydrogen-bond acceptors (Lipinski definition) is 5. The number of aryl methyl sites for hydroxylation is 1. The second-order valence-electron chi connectivity index (χ2n) is 5.33. The molecule has 0 saturated heterocycles. The molecule has 8 heteroatoms. The molecule has 0 spiro atoms. The molecule has 1 atom stereocenters. The molecule has 0 aromatic heterocycles. The summed E-state index contributed by atoms with van der Waals surface area (Å²) in [6.07, 6.45) is -1.07. The molecule has 2 rings (SSSR count). The third-order valence-corrected chi connectivity index (χ3v) is 3.64. The highest BCUT2D eigenvalue weighted by Crippen LogP contribution is 2.26. The van der Waals surface area contributed by atoms with Gasteiger partial charge in [0.2, 0.25) is 0 Å². The topological polar surface area (TPSA) is 98.5 Å². The zero-order valence-electron chi connectivity index (χ0n) is 13.5. The van der Waals surface area contributed by atoms with Crippen molar-refractivity contribution >= 4 is 34.9 Å². The van der Waals surface area contributed by atoms with E-state index >= 15 is 0 Å². The molecule has 0 unspecified atom stereocenters. The fraction of sp³-hybridized carbons (Fsp3) is 0.176. The van der Waals surface area contributed by atoms with Crippen LogP contribution in [0.15, 0.2) is 42.5 Å². The van der Waals surface area contributed by atoms with Gasteiger partial charge < -0.3 is 10.1 Å². The second-order valence-corrected chi connectivity index (χ2v) is 5.73. The van der Waals surface area contributed by atoms with Gasteiger partial charge in [-0.25, -0.2) is 4.79 Å². The lowest BCUT2D eigenvalue weighted by Gasteiger charge is -2.14. The third kappa shape index (κ3) is 4.77. The molecule has 1 amide bonds. The van der Waals surface area contributed by atoms with Gasteiger partial charge in [-0.1, -0.05) is 29.3 Å². The van der Waals surface area contributed by atoms with Gasteiger partial charge in [-0.15, -0.1) is 0 Å². The van der Waals surface area contributed by atoms with E-state index in [9.17, 15) is 19.7 Å². The number of nitro groups is 1. The molecule has 0 radical (unpaired) electrons. The molecule has 2 aromatic carbocycles. The molecule has 130 valence electrons. The summed E-state index contributed by atoms with van der Waals surface area (Å²) in [5.41, 5.74) is 1.23. The van der Waals surface area contributed by atoms with Gasteiger partial charge in [0.25, 0.3) is 11.6 Å². The Morgan fingerprint density at radius 2 is 1.96 bits per heavy atom. The molecule has 0 aliphatic heterocycles. The molecule has 0 aliphatic rings. The summed E-state index contributed by atoms with van der Waals surface area (Å²) in [6, 6.07) is 10.4. The Kier molecular flexibility index (Phi) is 5.71. The maximum Gasteiger partial charge on any atom is 0.338 e. The number of hydrogen-bond donors (Lipinski definition) is 1. The number of esters is 1. The van der Waals surface area contributed by atoms with Crippen molar-refractivity contribution in [3.05, 3.63) is 68.7 Å². The molecule has 0 bridgehead atoms. The second kappa shape index (κ2) is 7.76. The van der Waals surface area contributed by atoms with Crippen molar-refractivity contribution in [1.29, 1.82) is 0 Å². The molecule has 25 heavy (non-hydrogen) atoms. The zero-order chi connectivity index (χ0) is 18.6. The normalized spacial score (nSPS) is 11.5. The zero-order valence-corrected chi connectivity index (χ0v) is 14.2. The van der Waals surface area contributed by atoms with E-state index in [1.54, 1.807) is 18.2 Å². The molecule has 0 aliphatic carbocycles. The minimum Gasteiger partial charge on any atom is -0.449 e. The predicted molar refractivity (Wildman–Crippen MR) is 92.8 cm³/mol. The minimum absolute atomic E-state index is 0.0137. The van der Waals surface area contributed by atoms with E-state index < -0.39 is 22.9 Å². The summed E-state index contributed by atoms with van der Waals surface area (Å²) in [5, 5.41) is 13.2. The highest BCUT2D eigenvalue weighted by molar-refractivity contribution is 6.34. The first kappa shape index (κ1) is 18.4. The number of carbonyl (C=O) groups is 2. The highest BCUT2D eigenvalue weighted by Gasteiger charge is 2.20. The fourth-order valence-electron chi connectivity index (χ4n) is 2.01. The third-order valence-electron chi connectivity index (χ3n) is 3.33. The summed E-state index contributed by atoms with van der Waals surface area (Å²) in [7, 11) is 0. The molecule has 1 N–H and O–H groups in total. The van der Waals surface area contributed by atoms with Gasteiger partial charge in [-0.3, -0.25) is 14.9 Å². The van der Waals surface area contributed by atoms with Crippen molar-refractivity contribution in [1.82, 2.24) is 0 Å². The number of rotatable bonds is 5. The molecule has 7 nitrogen and oxygen atoms in total. The van der Waals surface area contributed by atoms with Crippen molar-refractivity contribution < 1.29 is 19.2 Å². The Hall–Kier alpha value is -2.93. The van der Waals surface area contributed by atoms with Crippen molar-refractivity contribution in [2.75, 3.05) is 5.32 Å². The average molecular weight is 363 g/mol. The van der Waals surface area contributed by atoms with Crippen LogP contribution in [0.2, 0.25) is 5.02 Å². The van der Waals surface area contributed by atoms with Crippen LogP contribution in [0, 0.1) is 17.0 Å². The van der Waals surface area contributed by atoms with Crippen LogP contribution in [0.1, 0.15) is 22.8 Å². The smallest absolute Gasteiger partial charge is 0.338 e. The van der Waals surface area contributed by atoms with Crippen molar-refractivity contribution in [3.63, 3.8) is 0 Å². The maximum atomic E-state index is 12.1. The first-order chi connectivity index (χ1) is 11.8. The van der Waals surface area contributed by atoms with Crippen molar-refractivity contribution in [2.24, 2.45) is 0 Å². The number of non-ortho nitro benzene ring substituents is 1. The first-order valence-corrected chi connectivity index (χ1v) is 7.68. The van der Waals surface area contributed by atoms with Crippen LogP contribution in [0.3, 0.4) is 0 Å². The number of halogens is 1. The summed E-state index contributed by atoms with van der Waals surface area (Å²) in [5.74, 6) is -1.22. The maximum absolute atomic E-state index is 12.1. The summed E-state index contributed by atoms with van der Waals surface area (Å²) in [4.78, 5) is 34.3. The Morgan fingerprint density at radius 1 is 1.24 bits per heavy atom. The number of nitrogens with zero attached hydrogens (tertiary/aromatic N) is 1. The van der Waals surface area contributed by atoms with Crippen LogP contribution >= 0.6 is 11.6 Å². The quantitative estimate of drug-likeness (QED) is 0.496. The van der Waals surface area contributed by atoms with Crippen LogP contribution in [-0.2, 0) is 9.53 Å². The Bertz CT molecular complexity index is 838. The van der Waals surface area contributed by atoms with Crippen LogP contribution in [0.25, 0.3) is 0 Å². The number of nitrogens with one attached hydrogen (secondary N) is 1. The molecule has 0 fully saturated rings. The molecular weight excluding hydrogens is 348 g/mol. The van der Waals surface area contributed by atoms with E-state index in [2.05, 4.69) is 5.32 Å². The average Bonchev–Trinajstić information content (AvgIpc) is 2.56. The number of anilines is 1. The largest absolute Gasteiger partial charge is 0.449 e. The van der Waals surface area contributed by atoms with E-state index in [-0.39, 0.29) is 16.4 Å². The Morgan fingerprint density at radius 3 is 2.56 bits per heavy atom. The fourth-order valence-corrected chi connectivity index (χ4v) is 2.23. The number of benzene rings is 2. The van der Waals surface area contributed by atoms with Crippen LogP contribution in [0.5, 0.6) is 0 Å². The van der Waals surface area contributed by atoms with Gasteiger partial charge in [0.1, 0.15) is 0 Å². The Balaban J connectivity index is 2.03. The van der Waals surface area contributed by atoms with Gasteiger partial charge >= 0.3 is 5.97 Å². The van der Waals surface area contributed by atoms with Gasteiger partial charge in [-0.2, -0.15) is 0 Å². The van der Waals surface area contributed by atoms with E-state index in [1.807, 2.05) is 13.0 Å². The molecular formula is C17H15ClN2O5. The summed E-state index contributed by atoms with van der Waals surface area (Å²) in [6.45, 7) is 3.26. The van der Waals surface area contributed by atoms with Gasteiger partial charge in [0.15, 0.2) is 6.10 Å². The lowest BCUT2D eigenvalue weighted by atomic mass is 10.1. The number of amides is 1. The van der Waals surface area contributed by atoms with Gasteiger partial charge in [0, 0.05) is 12.1 Å². The van der Waals surface area contributed by atoms with Crippen molar-refractivity contribution in [3.8, 4) is 0 Å². The first-order valence-electron chi connectivity index (χ1n) is 7.30. The highest BCUT2D eigenvalue weighted by atomic mass is 35.5. The van der Waals surface area contributed by atoms with Crippen molar-refractivity contribution in [2.45, 2.75) is 20.0 Å². The lowest BCUT2D eigenvalue weighted by molar-refractivity contribution is -0.384. The van der Waals surface area contributed by atoms with E-state index in [4.69, 9.17) is 16.3 Å². The SMILES string of the molecule is Cc1cccc(C(=O)O[C@@H](C)C(=O)Nc2ccc([N+](=O)[O-])cc2Cl)c1. The van der Waals surface area contributed by atoms with Crippen LogP contribution in [-0.4, -0.2) is 22.9 Å². The lowest BCUT2D eigenvalue weighted by Crippen LogP contribution is -2.30. The van der Waals surface area contributed by atoms with E-state index in [0.717, 1.165) is 11.6 Å². The number of carbonyl (C=O) groups excluding carboxylic acids is 2. The van der Waals surface area contributed by atoms with Crippen LogP contribution < -0.4 is 5.32 Å². The summed E-state index contributed by atoms with van der Waals surface area (Å²) < 4.78 is 5.12. The van der Waals surface area contributed by atoms with E-state index in [1.165, 1.54) is 19.1 Å². The number of ether oxygens (including phenoxy) is 1. The van der Waals surface area contributed by atoms with Crippen LogP contribution in [0.4, 0.5) is 11.4 Å². The van der Waals surface area contributed by atoms with Gasteiger partial charge in [-0.05, 0) is 32.0 Å². The molecule has 0 heterocycles. The molecule has 0 saturated carbocycles.